The Morgan fingerprint density at radius 2 is 1.62 bits per heavy atom. The molecular weight excluding hydrogens is 494 g/mol. The number of hydrogen-bond donors (Lipinski definition) is 2. The van der Waals surface area contributed by atoms with Crippen LogP contribution in [-0.2, 0) is 21.1 Å². The Labute approximate surface area is 166 Å². The zero-order valence-electron chi connectivity index (χ0n) is 14.0. The van der Waals surface area contributed by atoms with E-state index in [0.717, 1.165) is 28.1 Å². The minimum atomic E-state index is 0. The first kappa shape index (κ1) is 18.0. The molecule has 3 N–H and O–H groups in total. The Bertz CT molecular complexity index is 977. The van der Waals surface area contributed by atoms with Gasteiger partial charge in [0.25, 0.3) is 0 Å². The van der Waals surface area contributed by atoms with Gasteiger partial charge in [-0.05, 0) is 35.9 Å². The van der Waals surface area contributed by atoms with Gasteiger partial charge in [-0.2, -0.15) is 0 Å². The van der Waals surface area contributed by atoms with Gasteiger partial charge in [-0.3, -0.25) is 0 Å². The van der Waals surface area contributed by atoms with Gasteiger partial charge in [-0.25, -0.2) is 0 Å². The molecule has 0 bridgehead atoms. The van der Waals surface area contributed by atoms with E-state index in [0.29, 0.717) is 11.6 Å². The van der Waals surface area contributed by atoms with Crippen molar-refractivity contribution >= 4 is 39.7 Å². The monoisotopic (exact) mass is 511 g/mol. The molecule has 5 nitrogen and oxygen atoms in total. The molecular formula is C20H17N5W. The van der Waals surface area contributed by atoms with Gasteiger partial charge in [0.2, 0.25) is 0 Å². The van der Waals surface area contributed by atoms with Crippen LogP contribution in [-0.4, -0.2) is 4.98 Å². The molecule has 0 saturated heterocycles. The zero-order valence-corrected chi connectivity index (χ0v) is 16.9. The molecule has 26 heavy (non-hydrogen) atoms. The minimum Gasteiger partial charge on any atom is -0.553 e. The zero-order chi connectivity index (χ0) is 17.2. The van der Waals surface area contributed by atoms with Crippen LogP contribution >= 0.6 is 0 Å². The fourth-order valence-corrected chi connectivity index (χ4v) is 2.62. The summed E-state index contributed by atoms with van der Waals surface area (Å²) in [4.78, 5) is 10.7. The van der Waals surface area contributed by atoms with Crippen LogP contribution in [0.1, 0.15) is 0 Å². The molecule has 0 aliphatic rings. The second-order valence-corrected chi connectivity index (χ2v) is 5.70. The van der Waals surface area contributed by atoms with Crippen LogP contribution in [0.25, 0.3) is 11.0 Å². The molecule has 0 unspecified atom stereocenters. The molecule has 0 spiro atoms. The molecule has 0 amide bonds. The number of anilines is 5. The van der Waals surface area contributed by atoms with E-state index in [1.165, 1.54) is 0 Å². The van der Waals surface area contributed by atoms with E-state index in [9.17, 15) is 0 Å². The van der Waals surface area contributed by atoms with E-state index in [1.54, 1.807) is 4.90 Å². The summed E-state index contributed by atoms with van der Waals surface area (Å²) in [5.41, 5.74) is 11.1. The van der Waals surface area contributed by atoms with Crippen molar-refractivity contribution in [1.82, 2.24) is 9.97 Å². The van der Waals surface area contributed by atoms with Crippen LogP contribution in [0.5, 0.6) is 0 Å². The number of rotatable bonds is 4. The number of fused-ring (bicyclic) bond motifs is 1. The summed E-state index contributed by atoms with van der Waals surface area (Å²) in [6.07, 6.45) is 0. The summed E-state index contributed by atoms with van der Waals surface area (Å²) in [6, 6.07) is 23.3. The molecule has 1 aromatic heterocycles. The van der Waals surface area contributed by atoms with E-state index < -0.39 is 0 Å². The number of benzene rings is 3. The third kappa shape index (κ3) is 3.58. The fourth-order valence-electron chi connectivity index (χ4n) is 2.62. The summed E-state index contributed by atoms with van der Waals surface area (Å²) in [5.74, 6) is 0.578. The van der Waals surface area contributed by atoms with Crippen molar-refractivity contribution in [3.05, 3.63) is 79.8 Å². The SMILES string of the molecule is [CH2-]N(c1ccc(Nc2ccccc2N)cc1)c1nc2ccccc2[n-]1.[W+2]. The van der Waals surface area contributed by atoms with Crippen LogP contribution in [0.15, 0.2) is 72.8 Å². The third-order valence-electron chi connectivity index (χ3n) is 3.98. The molecule has 0 saturated carbocycles. The van der Waals surface area contributed by atoms with Crippen LogP contribution < -0.4 is 20.9 Å². The normalized spacial score (nSPS) is 10.3. The third-order valence-corrected chi connectivity index (χ3v) is 3.98. The Balaban J connectivity index is 0.00000196. The van der Waals surface area contributed by atoms with Gasteiger partial charge >= 0.3 is 21.1 Å². The van der Waals surface area contributed by atoms with E-state index in [2.05, 4.69) is 22.3 Å². The molecule has 0 radical (unpaired) electrons. The first-order chi connectivity index (χ1) is 12.2. The van der Waals surface area contributed by atoms with Gasteiger partial charge in [-0.15, -0.1) is 0 Å². The Morgan fingerprint density at radius 3 is 2.35 bits per heavy atom. The van der Waals surface area contributed by atoms with Gasteiger partial charge in [0.05, 0.1) is 11.4 Å². The summed E-state index contributed by atoms with van der Waals surface area (Å²) in [7, 11) is 4.07. The molecule has 6 heteroatoms. The number of aromatic nitrogens is 2. The maximum absolute atomic E-state index is 5.96. The Hall–Kier alpha value is -2.78. The van der Waals surface area contributed by atoms with E-state index in [-0.39, 0.29) is 21.1 Å². The van der Waals surface area contributed by atoms with Crippen molar-refractivity contribution in [2.45, 2.75) is 0 Å². The van der Waals surface area contributed by atoms with Crippen molar-refractivity contribution in [3.63, 3.8) is 0 Å². The predicted molar refractivity (Wildman–Crippen MR) is 103 cm³/mol. The number of imidazole rings is 1. The summed E-state index contributed by atoms with van der Waals surface area (Å²) in [6.45, 7) is 0. The standard InChI is InChI=1S/C20H17N5.W/c1-25(20-23-18-8-4-5-9-19(18)24-20)15-12-10-14(11-13-15)22-17-7-3-2-6-16(17)21;/h2-13,22H,1,21H2;/q-2;+2. The Morgan fingerprint density at radius 1 is 0.923 bits per heavy atom. The van der Waals surface area contributed by atoms with Gasteiger partial charge in [0.15, 0.2) is 0 Å². The quantitative estimate of drug-likeness (QED) is 0.313. The average molecular weight is 511 g/mol. The van der Waals surface area contributed by atoms with Crippen molar-refractivity contribution in [1.29, 1.82) is 0 Å². The molecule has 1 heterocycles. The number of nitrogens with zero attached hydrogens (tertiary/aromatic N) is 3. The van der Waals surface area contributed by atoms with E-state index in [1.807, 2.05) is 72.8 Å². The first-order valence-electron chi connectivity index (χ1n) is 7.92. The van der Waals surface area contributed by atoms with Crippen LogP contribution in [0.4, 0.5) is 28.7 Å². The fraction of sp³-hybridized carbons (Fsp3) is 0. The van der Waals surface area contributed by atoms with Crippen LogP contribution in [0, 0.1) is 7.05 Å². The Kier molecular flexibility index (Phi) is 5.29. The van der Waals surface area contributed by atoms with Gasteiger partial charge in [0.1, 0.15) is 0 Å². The maximum Gasteiger partial charge on any atom is 2.00 e. The van der Waals surface area contributed by atoms with Crippen molar-refractivity contribution in [2.75, 3.05) is 16.0 Å². The molecule has 3 aromatic carbocycles. The van der Waals surface area contributed by atoms with Crippen molar-refractivity contribution in [3.8, 4) is 0 Å². The minimum absolute atomic E-state index is 0. The van der Waals surface area contributed by atoms with E-state index in [4.69, 9.17) is 5.73 Å². The molecule has 0 atom stereocenters. The summed E-state index contributed by atoms with van der Waals surface area (Å²) < 4.78 is 0. The van der Waals surface area contributed by atoms with Crippen LogP contribution in [0.2, 0.25) is 0 Å². The molecule has 0 aliphatic heterocycles. The second-order valence-electron chi connectivity index (χ2n) is 5.70. The van der Waals surface area contributed by atoms with Crippen molar-refractivity contribution in [2.24, 2.45) is 0 Å². The van der Waals surface area contributed by atoms with Gasteiger partial charge in [-0.1, -0.05) is 48.5 Å². The summed E-state index contributed by atoms with van der Waals surface area (Å²) >= 11 is 0. The topological polar surface area (TPSA) is 68.3 Å². The average Bonchev–Trinajstić information content (AvgIpc) is 3.08. The number of nitrogen functional groups attached to an aromatic ring is 1. The van der Waals surface area contributed by atoms with Gasteiger partial charge < -0.3 is 33.0 Å². The largest absolute Gasteiger partial charge is 2.00 e. The number of nitrogens with two attached hydrogens (primary N) is 1. The number of nitrogens with one attached hydrogen (secondary N) is 1. The molecule has 4 aromatic rings. The number of para-hydroxylation sites is 4. The first-order valence-corrected chi connectivity index (χ1v) is 7.92. The maximum atomic E-state index is 5.96. The second kappa shape index (κ2) is 7.63. The molecule has 128 valence electrons. The molecule has 0 fully saturated rings. The summed E-state index contributed by atoms with van der Waals surface area (Å²) in [5, 5.41) is 3.30. The van der Waals surface area contributed by atoms with Crippen molar-refractivity contribution < 1.29 is 21.1 Å². The smallest absolute Gasteiger partial charge is 0.553 e. The van der Waals surface area contributed by atoms with Gasteiger partial charge in [0, 0.05) is 16.7 Å². The molecule has 4 rings (SSSR count). The van der Waals surface area contributed by atoms with E-state index >= 15 is 0 Å². The number of hydrogen-bond acceptors (Lipinski definition) is 4. The van der Waals surface area contributed by atoms with Crippen LogP contribution in [0.3, 0.4) is 0 Å². The molecule has 0 aliphatic carbocycles. The predicted octanol–water partition coefficient (Wildman–Crippen LogP) is 4.44.